The van der Waals surface area contributed by atoms with E-state index in [2.05, 4.69) is 25.7 Å². The molecule has 30 heavy (non-hydrogen) atoms. The minimum atomic E-state index is -1.30. The zero-order valence-corrected chi connectivity index (χ0v) is 19.6. The van der Waals surface area contributed by atoms with Gasteiger partial charge in [0.1, 0.15) is 5.67 Å². The maximum absolute atomic E-state index is 15.9. The van der Waals surface area contributed by atoms with Crippen LogP contribution in [0.25, 0.3) is 0 Å². The Balaban J connectivity index is 1.68. The molecule has 1 aromatic rings. The van der Waals surface area contributed by atoms with Gasteiger partial charge in [0, 0.05) is 24.7 Å². The van der Waals surface area contributed by atoms with Crippen LogP contribution in [-0.4, -0.2) is 42.7 Å². The van der Waals surface area contributed by atoms with E-state index in [1.165, 1.54) is 6.42 Å². The van der Waals surface area contributed by atoms with Crippen LogP contribution < -0.4 is 4.90 Å². The van der Waals surface area contributed by atoms with E-state index in [4.69, 9.17) is 0 Å². The Bertz CT molecular complexity index is 680. The summed E-state index contributed by atoms with van der Waals surface area (Å²) in [6, 6.07) is 8.02. The Morgan fingerprint density at radius 3 is 2.27 bits per heavy atom. The van der Waals surface area contributed by atoms with Gasteiger partial charge >= 0.3 is 0 Å². The van der Waals surface area contributed by atoms with Crippen LogP contribution in [0.5, 0.6) is 0 Å². The van der Waals surface area contributed by atoms with Crippen molar-refractivity contribution in [2.75, 3.05) is 31.1 Å². The van der Waals surface area contributed by atoms with E-state index in [-0.39, 0.29) is 18.4 Å². The SMILES string of the molecule is Cc1ccc(N(CC2(F)CCN(CCC(C)(C)C)CC2)C(=O)C2CCCCC2)cc1. The third kappa shape index (κ3) is 6.54. The number of nitrogens with zero attached hydrogens (tertiary/aromatic N) is 2. The highest BCUT2D eigenvalue weighted by molar-refractivity contribution is 5.95. The van der Waals surface area contributed by atoms with Gasteiger partial charge in [-0.2, -0.15) is 0 Å². The van der Waals surface area contributed by atoms with E-state index in [0.717, 1.165) is 63.0 Å². The summed E-state index contributed by atoms with van der Waals surface area (Å²) in [5.41, 5.74) is 1.01. The average Bonchev–Trinajstić information content (AvgIpc) is 2.72. The zero-order valence-electron chi connectivity index (χ0n) is 19.6. The Hall–Kier alpha value is -1.42. The van der Waals surface area contributed by atoms with Gasteiger partial charge in [0.05, 0.1) is 6.54 Å². The van der Waals surface area contributed by atoms with Gasteiger partial charge in [-0.1, -0.05) is 57.7 Å². The van der Waals surface area contributed by atoms with E-state index >= 15 is 4.39 Å². The van der Waals surface area contributed by atoms with Crippen LogP contribution in [0.4, 0.5) is 10.1 Å². The lowest BCUT2D eigenvalue weighted by Crippen LogP contribution is -2.51. The standard InChI is InChI=1S/C26H41FN2O/c1-21-10-12-23(13-11-21)29(24(30)22-8-6-5-7-9-22)20-26(27)15-18-28(19-16-26)17-14-25(2,3)4/h10-13,22H,5-9,14-20H2,1-4H3. The molecule has 1 aliphatic heterocycles. The minimum absolute atomic E-state index is 0.0514. The lowest BCUT2D eigenvalue weighted by molar-refractivity contribution is -0.124. The van der Waals surface area contributed by atoms with Gasteiger partial charge in [0.2, 0.25) is 5.91 Å². The van der Waals surface area contributed by atoms with Crippen LogP contribution in [0.2, 0.25) is 0 Å². The molecule has 2 aliphatic rings. The second-order valence-electron chi connectivity index (χ2n) is 10.9. The predicted molar refractivity (Wildman–Crippen MR) is 124 cm³/mol. The summed E-state index contributed by atoms with van der Waals surface area (Å²) in [6.07, 6.45) is 7.48. The van der Waals surface area contributed by atoms with E-state index in [9.17, 15) is 4.79 Å². The summed E-state index contributed by atoms with van der Waals surface area (Å²) in [6.45, 7) is 11.6. The van der Waals surface area contributed by atoms with E-state index in [1.54, 1.807) is 4.90 Å². The van der Waals surface area contributed by atoms with E-state index in [0.29, 0.717) is 18.3 Å². The number of alkyl halides is 1. The third-order valence-corrected chi connectivity index (χ3v) is 6.94. The molecular formula is C26H41FN2O. The first-order valence-electron chi connectivity index (χ1n) is 11.9. The van der Waals surface area contributed by atoms with E-state index in [1.807, 2.05) is 31.2 Å². The van der Waals surface area contributed by atoms with Crippen molar-refractivity contribution in [3.05, 3.63) is 29.8 Å². The number of anilines is 1. The number of aryl methyl sites for hydroxylation is 1. The number of hydrogen-bond acceptors (Lipinski definition) is 2. The molecule has 1 aromatic carbocycles. The van der Waals surface area contributed by atoms with Crippen LogP contribution in [-0.2, 0) is 4.79 Å². The molecule has 0 spiro atoms. The molecule has 0 N–H and O–H groups in total. The molecular weight excluding hydrogens is 375 g/mol. The molecule has 1 heterocycles. The number of amides is 1. The van der Waals surface area contributed by atoms with Crippen molar-refractivity contribution in [3.8, 4) is 0 Å². The van der Waals surface area contributed by atoms with Crippen LogP contribution in [0.3, 0.4) is 0 Å². The summed E-state index contributed by atoms with van der Waals surface area (Å²) in [5.74, 6) is 0.182. The second-order valence-corrected chi connectivity index (χ2v) is 10.9. The summed E-state index contributed by atoms with van der Waals surface area (Å²) >= 11 is 0. The van der Waals surface area contributed by atoms with Gasteiger partial charge < -0.3 is 9.80 Å². The van der Waals surface area contributed by atoms with Gasteiger partial charge in [-0.25, -0.2) is 4.39 Å². The first-order chi connectivity index (χ1) is 14.2. The molecule has 2 fully saturated rings. The number of halogens is 1. The highest BCUT2D eigenvalue weighted by Crippen LogP contribution is 2.33. The fourth-order valence-electron chi connectivity index (χ4n) is 4.70. The largest absolute Gasteiger partial charge is 0.309 e. The number of carbonyl (C=O) groups excluding carboxylic acids is 1. The van der Waals surface area contributed by atoms with Crippen LogP contribution >= 0.6 is 0 Å². The van der Waals surface area contributed by atoms with Crippen molar-refractivity contribution in [2.24, 2.45) is 11.3 Å². The summed E-state index contributed by atoms with van der Waals surface area (Å²) < 4.78 is 15.9. The maximum atomic E-state index is 15.9. The smallest absolute Gasteiger partial charge is 0.230 e. The average molecular weight is 417 g/mol. The first kappa shape index (κ1) is 23.2. The first-order valence-corrected chi connectivity index (χ1v) is 11.9. The number of carbonyl (C=O) groups is 1. The Morgan fingerprint density at radius 1 is 1.10 bits per heavy atom. The second kappa shape index (κ2) is 9.80. The maximum Gasteiger partial charge on any atom is 0.230 e. The Morgan fingerprint density at radius 2 is 1.70 bits per heavy atom. The number of hydrogen-bond donors (Lipinski definition) is 0. The number of benzene rings is 1. The molecule has 0 unspecified atom stereocenters. The third-order valence-electron chi connectivity index (χ3n) is 6.94. The van der Waals surface area contributed by atoms with Crippen LogP contribution in [0, 0.1) is 18.3 Å². The van der Waals surface area contributed by atoms with Gasteiger partial charge in [-0.15, -0.1) is 0 Å². The summed E-state index contributed by atoms with van der Waals surface area (Å²) in [5, 5.41) is 0. The molecule has 0 atom stereocenters. The molecule has 168 valence electrons. The number of likely N-dealkylation sites (tertiary alicyclic amines) is 1. The fraction of sp³-hybridized carbons (Fsp3) is 0.731. The Kier molecular flexibility index (Phi) is 7.60. The van der Waals surface area contributed by atoms with E-state index < -0.39 is 5.67 Å². The van der Waals surface area contributed by atoms with Crippen molar-refractivity contribution in [1.29, 1.82) is 0 Å². The molecule has 0 radical (unpaired) electrons. The van der Waals surface area contributed by atoms with Crippen molar-refractivity contribution in [1.82, 2.24) is 4.90 Å². The quantitative estimate of drug-likeness (QED) is 0.555. The predicted octanol–water partition coefficient (Wildman–Crippen LogP) is 6.15. The molecule has 1 amide bonds. The molecule has 1 saturated heterocycles. The number of piperidine rings is 1. The molecule has 0 bridgehead atoms. The van der Waals surface area contributed by atoms with Gasteiger partial charge in [-0.3, -0.25) is 4.79 Å². The van der Waals surface area contributed by atoms with Crippen molar-refractivity contribution in [2.45, 2.75) is 84.7 Å². The number of rotatable bonds is 6. The minimum Gasteiger partial charge on any atom is -0.309 e. The molecule has 1 aliphatic carbocycles. The van der Waals surface area contributed by atoms with Crippen molar-refractivity contribution >= 4 is 11.6 Å². The molecule has 3 nitrogen and oxygen atoms in total. The normalized spacial score (nSPS) is 20.8. The molecule has 0 aromatic heterocycles. The molecule has 1 saturated carbocycles. The summed E-state index contributed by atoms with van der Waals surface area (Å²) in [7, 11) is 0. The lowest BCUT2D eigenvalue weighted by Gasteiger charge is -2.40. The monoisotopic (exact) mass is 416 g/mol. The van der Waals surface area contributed by atoms with Gasteiger partial charge in [-0.05, 0) is 63.1 Å². The Labute approximate surface area is 183 Å². The fourth-order valence-corrected chi connectivity index (χ4v) is 4.70. The zero-order chi connectivity index (χ0) is 21.8. The highest BCUT2D eigenvalue weighted by atomic mass is 19.1. The van der Waals surface area contributed by atoms with Gasteiger partial charge in [0.25, 0.3) is 0 Å². The topological polar surface area (TPSA) is 23.6 Å². The molecule has 4 heteroatoms. The van der Waals surface area contributed by atoms with Crippen LogP contribution in [0.15, 0.2) is 24.3 Å². The molecule has 3 rings (SSSR count). The lowest BCUT2D eigenvalue weighted by atomic mass is 9.86. The highest BCUT2D eigenvalue weighted by Gasteiger charge is 2.39. The van der Waals surface area contributed by atoms with Gasteiger partial charge in [0.15, 0.2) is 0 Å². The van der Waals surface area contributed by atoms with Crippen LogP contribution in [0.1, 0.15) is 77.7 Å². The van der Waals surface area contributed by atoms with Crippen molar-refractivity contribution < 1.29 is 9.18 Å². The summed E-state index contributed by atoms with van der Waals surface area (Å²) in [4.78, 5) is 17.6. The van der Waals surface area contributed by atoms with Crippen molar-refractivity contribution in [3.63, 3.8) is 0 Å².